The first kappa shape index (κ1) is 15.9. The number of carbonyl (C=O) groups excluding carboxylic acids is 1. The highest BCUT2D eigenvalue weighted by Gasteiger charge is 2.30. The fourth-order valence-electron chi connectivity index (χ4n) is 3.11. The quantitative estimate of drug-likeness (QED) is 0.834. The van der Waals surface area contributed by atoms with Crippen LogP contribution >= 0.6 is 11.6 Å². The molecule has 0 bridgehead atoms. The summed E-state index contributed by atoms with van der Waals surface area (Å²) in [5.41, 5.74) is 3.00. The first-order chi connectivity index (χ1) is 11.1. The number of nitrogens with zero attached hydrogens (tertiary/aromatic N) is 2. The van der Waals surface area contributed by atoms with Crippen molar-refractivity contribution in [2.75, 3.05) is 25.5 Å². The summed E-state index contributed by atoms with van der Waals surface area (Å²) in [6, 6.07) is 15.8. The van der Waals surface area contributed by atoms with Crippen LogP contribution in [0.1, 0.15) is 34.8 Å². The summed E-state index contributed by atoms with van der Waals surface area (Å²) in [5.74, 6) is 0.104. The molecule has 1 aliphatic rings. The summed E-state index contributed by atoms with van der Waals surface area (Å²) >= 11 is 5.97. The van der Waals surface area contributed by atoms with Gasteiger partial charge in [0.1, 0.15) is 0 Å². The molecule has 0 N–H and O–H groups in total. The predicted octanol–water partition coefficient (Wildman–Crippen LogP) is 4.38. The molecule has 0 unspecified atom stereocenters. The van der Waals surface area contributed by atoms with Crippen molar-refractivity contribution in [1.82, 2.24) is 4.90 Å². The van der Waals surface area contributed by atoms with Crippen LogP contribution in [0.3, 0.4) is 0 Å². The van der Waals surface area contributed by atoms with Crippen molar-refractivity contribution in [3.05, 3.63) is 64.7 Å². The molecular weight excluding hydrogens is 308 g/mol. The zero-order valence-corrected chi connectivity index (χ0v) is 14.3. The lowest BCUT2D eigenvalue weighted by Gasteiger charge is -2.25. The Labute approximate surface area is 142 Å². The number of anilines is 1. The minimum absolute atomic E-state index is 0.104. The average molecular weight is 329 g/mol. The summed E-state index contributed by atoms with van der Waals surface area (Å²) in [4.78, 5) is 16.9. The normalized spacial score (nSPS) is 17.3. The van der Waals surface area contributed by atoms with E-state index in [-0.39, 0.29) is 11.9 Å². The largest absolute Gasteiger partial charge is 0.378 e. The molecule has 23 heavy (non-hydrogen) atoms. The summed E-state index contributed by atoms with van der Waals surface area (Å²) in [6.07, 6.45) is 2.04. The molecule has 0 aromatic heterocycles. The molecule has 2 aromatic rings. The summed E-state index contributed by atoms with van der Waals surface area (Å²) in [7, 11) is 3.99. The van der Waals surface area contributed by atoms with Crippen LogP contribution in [0.15, 0.2) is 48.5 Å². The molecule has 4 heteroatoms. The van der Waals surface area contributed by atoms with Crippen molar-refractivity contribution in [3.8, 4) is 0 Å². The van der Waals surface area contributed by atoms with Gasteiger partial charge in [0.2, 0.25) is 0 Å². The highest BCUT2D eigenvalue weighted by Crippen LogP contribution is 2.33. The minimum atomic E-state index is 0.104. The van der Waals surface area contributed by atoms with Crippen LogP contribution in [-0.2, 0) is 0 Å². The second-order valence-corrected chi connectivity index (χ2v) is 6.59. The van der Waals surface area contributed by atoms with Crippen LogP contribution in [0, 0.1) is 0 Å². The molecule has 1 aliphatic heterocycles. The molecule has 1 heterocycles. The van der Waals surface area contributed by atoms with Crippen molar-refractivity contribution in [2.45, 2.75) is 18.9 Å². The summed E-state index contributed by atoms with van der Waals surface area (Å²) in [5, 5.41) is 0.726. The highest BCUT2D eigenvalue weighted by atomic mass is 35.5. The molecule has 0 saturated carbocycles. The van der Waals surface area contributed by atoms with Crippen molar-refractivity contribution in [3.63, 3.8) is 0 Å². The predicted molar refractivity (Wildman–Crippen MR) is 95.2 cm³/mol. The molecule has 2 aromatic carbocycles. The van der Waals surface area contributed by atoms with Gasteiger partial charge in [0.25, 0.3) is 5.91 Å². The van der Waals surface area contributed by atoms with E-state index in [2.05, 4.69) is 0 Å². The molecule has 1 saturated heterocycles. The minimum Gasteiger partial charge on any atom is -0.378 e. The Kier molecular flexibility index (Phi) is 4.58. The molecule has 1 fully saturated rings. The molecule has 0 aliphatic carbocycles. The third kappa shape index (κ3) is 3.35. The second-order valence-electron chi connectivity index (χ2n) is 6.15. The lowest BCUT2D eigenvalue weighted by molar-refractivity contribution is 0.0735. The Bertz CT molecular complexity index is 680. The first-order valence-corrected chi connectivity index (χ1v) is 8.28. The molecule has 3 rings (SSSR count). The maximum atomic E-state index is 12.9. The van der Waals surface area contributed by atoms with Gasteiger partial charge in [-0.2, -0.15) is 0 Å². The van der Waals surface area contributed by atoms with Crippen LogP contribution in [-0.4, -0.2) is 31.4 Å². The fraction of sp³-hybridized carbons (Fsp3) is 0.316. The number of hydrogen-bond acceptors (Lipinski definition) is 2. The van der Waals surface area contributed by atoms with Gasteiger partial charge in [-0.15, -0.1) is 0 Å². The van der Waals surface area contributed by atoms with E-state index in [1.54, 1.807) is 0 Å². The van der Waals surface area contributed by atoms with Gasteiger partial charge in [0.15, 0.2) is 0 Å². The third-order valence-electron chi connectivity index (χ3n) is 4.40. The zero-order chi connectivity index (χ0) is 16.4. The number of hydrogen-bond donors (Lipinski definition) is 0. The van der Waals surface area contributed by atoms with Crippen LogP contribution in [0.4, 0.5) is 5.69 Å². The maximum absolute atomic E-state index is 12.9. The maximum Gasteiger partial charge on any atom is 0.254 e. The van der Waals surface area contributed by atoms with Crippen LogP contribution in [0.5, 0.6) is 0 Å². The fourth-order valence-corrected chi connectivity index (χ4v) is 3.24. The van der Waals surface area contributed by atoms with E-state index in [4.69, 9.17) is 11.6 Å². The standard InChI is InChI=1S/C19H21ClN2O/c1-21(2)17-11-7-15(8-12-17)19(23)22-13-3-4-18(22)14-5-9-16(20)10-6-14/h5-12,18H,3-4,13H2,1-2H3/t18-/m1/s1. The Morgan fingerprint density at radius 2 is 1.74 bits per heavy atom. The van der Waals surface area contributed by atoms with Gasteiger partial charge in [0, 0.05) is 36.9 Å². The van der Waals surface area contributed by atoms with Crippen LogP contribution in [0.25, 0.3) is 0 Å². The monoisotopic (exact) mass is 328 g/mol. The Morgan fingerprint density at radius 1 is 1.09 bits per heavy atom. The lowest BCUT2D eigenvalue weighted by Crippen LogP contribution is -2.30. The number of likely N-dealkylation sites (tertiary alicyclic amines) is 1. The van der Waals surface area contributed by atoms with E-state index >= 15 is 0 Å². The number of rotatable bonds is 3. The van der Waals surface area contributed by atoms with Gasteiger partial charge in [-0.25, -0.2) is 0 Å². The van der Waals surface area contributed by atoms with E-state index in [9.17, 15) is 4.79 Å². The number of benzene rings is 2. The summed E-state index contributed by atoms with van der Waals surface area (Å²) in [6.45, 7) is 0.807. The van der Waals surface area contributed by atoms with E-state index in [1.165, 1.54) is 0 Å². The molecule has 120 valence electrons. The van der Waals surface area contributed by atoms with Gasteiger partial charge in [-0.3, -0.25) is 4.79 Å². The number of carbonyl (C=O) groups is 1. The van der Waals surface area contributed by atoms with Crippen molar-refractivity contribution in [2.24, 2.45) is 0 Å². The smallest absolute Gasteiger partial charge is 0.254 e. The third-order valence-corrected chi connectivity index (χ3v) is 4.65. The van der Waals surface area contributed by atoms with Crippen molar-refractivity contribution in [1.29, 1.82) is 0 Å². The van der Waals surface area contributed by atoms with Gasteiger partial charge in [-0.05, 0) is 54.8 Å². The van der Waals surface area contributed by atoms with E-state index in [1.807, 2.05) is 72.4 Å². The number of amides is 1. The topological polar surface area (TPSA) is 23.6 Å². The Balaban J connectivity index is 1.81. The van der Waals surface area contributed by atoms with E-state index in [0.29, 0.717) is 0 Å². The molecule has 1 atom stereocenters. The molecule has 0 spiro atoms. The average Bonchev–Trinajstić information content (AvgIpc) is 3.04. The SMILES string of the molecule is CN(C)c1ccc(C(=O)N2CCC[C@@H]2c2ccc(Cl)cc2)cc1. The molecule has 3 nitrogen and oxygen atoms in total. The second kappa shape index (κ2) is 6.63. The first-order valence-electron chi connectivity index (χ1n) is 7.90. The Morgan fingerprint density at radius 3 is 2.35 bits per heavy atom. The van der Waals surface area contributed by atoms with Crippen molar-refractivity contribution >= 4 is 23.2 Å². The van der Waals surface area contributed by atoms with Gasteiger partial charge in [-0.1, -0.05) is 23.7 Å². The summed E-state index contributed by atoms with van der Waals surface area (Å²) < 4.78 is 0. The highest BCUT2D eigenvalue weighted by molar-refractivity contribution is 6.30. The molecule has 0 radical (unpaired) electrons. The number of halogens is 1. The molecule has 1 amide bonds. The van der Waals surface area contributed by atoms with Crippen LogP contribution < -0.4 is 4.90 Å². The van der Waals surface area contributed by atoms with E-state index < -0.39 is 0 Å². The lowest BCUT2D eigenvalue weighted by atomic mass is 10.0. The molecular formula is C19H21ClN2O. The zero-order valence-electron chi connectivity index (χ0n) is 13.5. The van der Waals surface area contributed by atoms with Crippen molar-refractivity contribution < 1.29 is 4.79 Å². The van der Waals surface area contributed by atoms with Gasteiger partial charge in [0.05, 0.1) is 6.04 Å². The van der Waals surface area contributed by atoms with E-state index in [0.717, 1.165) is 41.2 Å². The van der Waals surface area contributed by atoms with Gasteiger partial charge >= 0.3 is 0 Å². The van der Waals surface area contributed by atoms with Gasteiger partial charge < -0.3 is 9.80 Å². The van der Waals surface area contributed by atoms with Crippen LogP contribution in [0.2, 0.25) is 5.02 Å². The Hall–Kier alpha value is -2.00.